The van der Waals surface area contributed by atoms with E-state index in [4.69, 9.17) is 16.6 Å². The van der Waals surface area contributed by atoms with E-state index in [-0.39, 0.29) is 6.54 Å². The first-order valence-electron chi connectivity index (χ1n) is 13.0. The Labute approximate surface area is 226 Å². The van der Waals surface area contributed by atoms with Crippen molar-refractivity contribution >= 4 is 42.4 Å². The number of halogens is 2. The second kappa shape index (κ2) is 10.4. The number of aliphatic imine (C=N–C) groups is 1. The molecular weight excluding hydrogens is 495 g/mol. The minimum atomic E-state index is -0.605. The van der Waals surface area contributed by atoms with Gasteiger partial charge in [-0.2, -0.15) is 5.10 Å². The van der Waals surface area contributed by atoms with Gasteiger partial charge in [0.25, 0.3) is 5.84 Å². The Balaban J connectivity index is 1.38. The maximum Gasteiger partial charge on any atom is 0.553 e. The van der Waals surface area contributed by atoms with E-state index >= 15 is 0 Å². The fourth-order valence-electron chi connectivity index (χ4n) is 5.48. The third-order valence-corrected chi connectivity index (χ3v) is 7.40. The lowest BCUT2D eigenvalue weighted by molar-refractivity contribution is -0.315. The normalized spacial score (nSPS) is 17.2. The predicted octanol–water partition coefficient (Wildman–Crippen LogP) is 4.48. The number of nitrogens with zero attached hydrogens (tertiary/aromatic N) is 4. The smallest absolute Gasteiger partial charge is 0.399 e. The van der Waals surface area contributed by atoms with Gasteiger partial charge in [0.05, 0.1) is 11.9 Å². The summed E-state index contributed by atoms with van der Waals surface area (Å²) in [4.78, 5) is 4.78. The number of fused-ring (bicyclic) bond motifs is 2. The van der Waals surface area contributed by atoms with E-state index in [1.165, 1.54) is 25.0 Å². The molecule has 1 saturated carbocycles. The average molecular weight is 523 g/mol. The van der Waals surface area contributed by atoms with Crippen LogP contribution in [0.3, 0.4) is 0 Å². The SMILES string of the molecule is NN=C(C=Nc1ccc2n1[B][N+]1=C(NCc3cc(F)cc(F)c3)C=CC1=C2c1ccc(N)cc1)C1CCCC1. The van der Waals surface area contributed by atoms with Crippen molar-refractivity contribution in [3.8, 4) is 0 Å². The lowest BCUT2D eigenvalue weighted by Crippen LogP contribution is -2.36. The molecule has 1 fully saturated rings. The lowest BCUT2D eigenvalue weighted by atomic mass is 9.93. The number of hydrogen-bond acceptors (Lipinski definition) is 5. The Bertz CT molecular complexity index is 1560. The molecule has 10 heteroatoms. The molecule has 1 radical (unpaired) electrons. The van der Waals surface area contributed by atoms with Crippen LogP contribution in [0.15, 0.2) is 82.5 Å². The van der Waals surface area contributed by atoms with Crippen LogP contribution in [0.25, 0.3) is 5.57 Å². The van der Waals surface area contributed by atoms with Crippen LogP contribution >= 0.6 is 0 Å². The third-order valence-electron chi connectivity index (χ3n) is 7.40. The molecule has 1 aromatic heterocycles. The molecule has 3 aromatic rings. The molecule has 6 rings (SSSR count). The molecule has 3 heterocycles. The average Bonchev–Trinajstić information content (AvgIpc) is 3.68. The quantitative estimate of drug-likeness (QED) is 0.146. The molecule has 0 bridgehead atoms. The second-order valence-corrected chi connectivity index (χ2v) is 9.96. The number of hydrogen-bond donors (Lipinski definition) is 3. The molecule has 0 saturated heterocycles. The molecule has 5 N–H and O–H groups in total. The molecule has 3 aliphatic rings. The van der Waals surface area contributed by atoms with E-state index < -0.39 is 11.6 Å². The van der Waals surface area contributed by atoms with Crippen LogP contribution < -0.4 is 16.9 Å². The Kier molecular flexibility index (Phi) is 6.60. The van der Waals surface area contributed by atoms with Crippen LogP contribution in [0.5, 0.6) is 0 Å². The molecule has 2 aliphatic heterocycles. The van der Waals surface area contributed by atoms with E-state index in [1.54, 1.807) is 6.21 Å². The van der Waals surface area contributed by atoms with E-state index in [2.05, 4.69) is 10.4 Å². The molecular formula is C29H28BF2N7+. The highest BCUT2D eigenvalue weighted by molar-refractivity contribution is 6.33. The Morgan fingerprint density at radius 2 is 1.79 bits per heavy atom. The highest BCUT2D eigenvalue weighted by atomic mass is 19.1. The first-order valence-corrected chi connectivity index (χ1v) is 13.0. The molecule has 0 spiro atoms. The monoisotopic (exact) mass is 523 g/mol. The number of nitrogens with two attached hydrogens (primary N) is 2. The zero-order valence-electron chi connectivity index (χ0n) is 21.3. The Hall–Kier alpha value is -4.47. The molecule has 7 nitrogen and oxygen atoms in total. The summed E-state index contributed by atoms with van der Waals surface area (Å²) in [6.45, 7) is 0.254. The first kappa shape index (κ1) is 24.8. The summed E-state index contributed by atoms with van der Waals surface area (Å²) >= 11 is 0. The number of rotatable bonds is 6. The van der Waals surface area contributed by atoms with E-state index in [0.717, 1.165) is 58.8 Å². The summed E-state index contributed by atoms with van der Waals surface area (Å²) in [6, 6.07) is 15.3. The molecule has 0 atom stereocenters. The van der Waals surface area contributed by atoms with Crippen molar-refractivity contribution in [1.82, 2.24) is 9.79 Å². The first-order chi connectivity index (χ1) is 19.0. The fraction of sp³-hybridized carbons (Fsp3) is 0.207. The molecule has 1 aliphatic carbocycles. The summed E-state index contributed by atoms with van der Waals surface area (Å²) in [5.74, 6) is 6.35. The molecule has 195 valence electrons. The number of nitrogen functional groups attached to an aromatic ring is 1. The number of allylic oxidation sites excluding steroid dienone is 1. The zero-order valence-corrected chi connectivity index (χ0v) is 21.3. The van der Waals surface area contributed by atoms with Crippen molar-refractivity contribution in [1.29, 1.82) is 0 Å². The molecule has 0 unspecified atom stereocenters. The van der Waals surface area contributed by atoms with Crippen LogP contribution in [-0.4, -0.2) is 34.3 Å². The van der Waals surface area contributed by atoms with Gasteiger partial charge in [-0.1, -0.05) is 25.0 Å². The second-order valence-electron chi connectivity index (χ2n) is 9.96. The number of nitrogens with one attached hydrogen (secondary N) is 1. The molecule has 0 amide bonds. The Morgan fingerprint density at radius 1 is 1.05 bits per heavy atom. The number of aromatic nitrogens is 1. The summed E-state index contributed by atoms with van der Waals surface area (Å²) in [5, 5.41) is 7.34. The lowest BCUT2D eigenvalue weighted by Gasteiger charge is -2.21. The minimum absolute atomic E-state index is 0.254. The van der Waals surface area contributed by atoms with Crippen LogP contribution in [-0.2, 0) is 6.54 Å². The van der Waals surface area contributed by atoms with Gasteiger partial charge in [-0.05, 0) is 66.4 Å². The standard InChI is InChI=1S/C29H28BF2N7/c31-21-13-18(14-22(32)15-21)16-35-27-11-9-25-29(20-5-7-23(33)8-6-20)26-10-12-28(39(26)30-38(25)27)36-17-24(37-34)19-3-1-2-4-19/h5-15,17,19,35H,1-4,16,33-34H2/q+1. The van der Waals surface area contributed by atoms with Gasteiger partial charge in [0.1, 0.15) is 29.7 Å². The summed E-state index contributed by atoms with van der Waals surface area (Å²) in [7, 11) is 1.96. The van der Waals surface area contributed by atoms with Crippen LogP contribution in [0.4, 0.5) is 20.3 Å². The van der Waals surface area contributed by atoms with Gasteiger partial charge in [0.2, 0.25) is 0 Å². The number of amidine groups is 1. The van der Waals surface area contributed by atoms with Crippen LogP contribution in [0.2, 0.25) is 0 Å². The van der Waals surface area contributed by atoms with Crippen molar-refractivity contribution in [2.75, 3.05) is 5.73 Å². The van der Waals surface area contributed by atoms with Crippen molar-refractivity contribution < 1.29 is 13.3 Å². The van der Waals surface area contributed by atoms with Crippen LogP contribution in [0.1, 0.15) is 42.5 Å². The third kappa shape index (κ3) is 4.90. The van der Waals surface area contributed by atoms with E-state index in [0.29, 0.717) is 17.2 Å². The number of benzene rings is 2. The van der Waals surface area contributed by atoms with Gasteiger partial charge >= 0.3 is 7.55 Å². The van der Waals surface area contributed by atoms with Crippen molar-refractivity contribution in [3.63, 3.8) is 0 Å². The summed E-state index contributed by atoms with van der Waals surface area (Å²) < 4.78 is 31.5. The summed E-state index contributed by atoms with van der Waals surface area (Å²) in [5.41, 5.74) is 11.9. The van der Waals surface area contributed by atoms with Gasteiger partial charge < -0.3 is 16.1 Å². The van der Waals surface area contributed by atoms with Crippen molar-refractivity contribution in [2.24, 2.45) is 21.9 Å². The minimum Gasteiger partial charge on any atom is -0.399 e. The Morgan fingerprint density at radius 3 is 2.51 bits per heavy atom. The van der Waals surface area contributed by atoms with Gasteiger partial charge in [-0.15, -0.1) is 0 Å². The van der Waals surface area contributed by atoms with Crippen molar-refractivity contribution in [2.45, 2.75) is 32.2 Å². The van der Waals surface area contributed by atoms with Gasteiger partial charge in [0.15, 0.2) is 0 Å². The fourth-order valence-corrected chi connectivity index (χ4v) is 5.48. The highest BCUT2D eigenvalue weighted by Crippen LogP contribution is 2.36. The van der Waals surface area contributed by atoms with Gasteiger partial charge in [0, 0.05) is 35.0 Å². The molecule has 2 aromatic carbocycles. The van der Waals surface area contributed by atoms with E-state index in [1.807, 2.05) is 65.1 Å². The maximum atomic E-state index is 13.7. The molecule has 39 heavy (non-hydrogen) atoms. The largest absolute Gasteiger partial charge is 0.553 e. The van der Waals surface area contributed by atoms with Crippen LogP contribution in [0, 0.1) is 17.6 Å². The maximum absolute atomic E-state index is 13.7. The zero-order chi connectivity index (χ0) is 26.9. The number of anilines is 1. The predicted molar refractivity (Wildman–Crippen MR) is 152 cm³/mol. The van der Waals surface area contributed by atoms with Gasteiger partial charge in [-0.3, -0.25) is 9.80 Å². The number of hydrazone groups is 1. The summed E-state index contributed by atoms with van der Waals surface area (Å²) in [6.07, 6.45) is 10.3. The topological polar surface area (TPSA) is 96.7 Å². The highest BCUT2D eigenvalue weighted by Gasteiger charge is 2.34. The van der Waals surface area contributed by atoms with Crippen molar-refractivity contribution in [3.05, 3.63) is 101 Å². The van der Waals surface area contributed by atoms with E-state index in [9.17, 15) is 8.78 Å². The van der Waals surface area contributed by atoms with Gasteiger partial charge in [-0.25, -0.2) is 13.8 Å².